The third-order valence-electron chi connectivity index (χ3n) is 7.08. The third-order valence-corrected chi connectivity index (χ3v) is 7.08. The SMILES string of the molecule is CN1CCN(Cc2ccc(C(=O)Nc3ccc(F)c(NC(=O)Nc4cc(Nc5ccc(C(F)(F)F)cc5)ncn4)c3)cc2)CC1. The number of carbonyl (C=O) groups excluding carboxylic acids is 2. The van der Waals surface area contributed by atoms with E-state index < -0.39 is 29.5 Å². The van der Waals surface area contributed by atoms with Gasteiger partial charge in [0.1, 0.15) is 23.8 Å². The van der Waals surface area contributed by atoms with Gasteiger partial charge in [0.2, 0.25) is 0 Å². The molecule has 14 heteroatoms. The molecule has 1 aromatic heterocycles. The Hall–Kier alpha value is -5.08. The Morgan fingerprint density at radius 3 is 2.16 bits per heavy atom. The molecule has 3 aromatic carbocycles. The smallest absolute Gasteiger partial charge is 0.340 e. The molecular formula is C31H30F4N8O2. The lowest BCUT2D eigenvalue weighted by Crippen LogP contribution is -2.43. The average Bonchev–Trinajstić information content (AvgIpc) is 3.00. The monoisotopic (exact) mass is 622 g/mol. The number of hydrogen-bond donors (Lipinski definition) is 4. The van der Waals surface area contributed by atoms with Gasteiger partial charge in [-0.25, -0.2) is 19.2 Å². The van der Waals surface area contributed by atoms with Crippen LogP contribution in [-0.2, 0) is 12.7 Å². The second-order valence-corrected chi connectivity index (χ2v) is 10.5. The second-order valence-electron chi connectivity index (χ2n) is 10.5. The number of alkyl halides is 3. The number of carbonyl (C=O) groups is 2. The van der Waals surface area contributed by atoms with Crippen LogP contribution in [0.5, 0.6) is 0 Å². The lowest BCUT2D eigenvalue weighted by Gasteiger charge is -2.32. The van der Waals surface area contributed by atoms with E-state index in [0.717, 1.165) is 62.8 Å². The number of nitrogens with one attached hydrogen (secondary N) is 4. The molecule has 45 heavy (non-hydrogen) atoms. The van der Waals surface area contributed by atoms with Gasteiger partial charge < -0.3 is 20.9 Å². The summed E-state index contributed by atoms with van der Waals surface area (Å²) in [5, 5.41) is 10.4. The molecule has 0 bridgehead atoms. The van der Waals surface area contributed by atoms with Crippen LogP contribution >= 0.6 is 0 Å². The number of amides is 3. The summed E-state index contributed by atoms with van der Waals surface area (Å²) in [5.74, 6) is -0.887. The van der Waals surface area contributed by atoms with E-state index in [9.17, 15) is 27.2 Å². The molecule has 1 fully saturated rings. The van der Waals surface area contributed by atoms with Crippen molar-refractivity contribution in [3.8, 4) is 0 Å². The largest absolute Gasteiger partial charge is 0.416 e. The van der Waals surface area contributed by atoms with Crippen molar-refractivity contribution in [3.05, 3.63) is 102 Å². The van der Waals surface area contributed by atoms with E-state index in [1.54, 1.807) is 12.1 Å². The Kier molecular flexibility index (Phi) is 9.54. The zero-order valence-electron chi connectivity index (χ0n) is 24.2. The average molecular weight is 623 g/mol. The van der Waals surface area contributed by atoms with Crippen molar-refractivity contribution in [1.82, 2.24) is 19.8 Å². The zero-order chi connectivity index (χ0) is 32.0. The number of halogens is 4. The molecule has 4 N–H and O–H groups in total. The summed E-state index contributed by atoms with van der Waals surface area (Å²) in [6.45, 7) is 4.81. The van der Waals surface area contributed by atoms with Crippen molar-refractivity contribution >= 4 is 40.6 Å². The van der Waals surface area contributed by atoms with Crippen molar-refractivity contribution in [2.45, 2.75) is 12.7 Å². The van der Waals surface area contributed by atoms with Crippen LogP contribution < -0.4 is 21.3 Å². The Bertz CT molecular complexity index is 1640. The van der Waals surface area contributed by atoms with E-state index in [4.69, 9.17) is 0 Å². The predicted octanol–water partition coefficient (Wildman–Crippen LogP) is 6.02. The molecule has 0 aliphatic carbocycles. The van der Waals surface area contributed by atoms with E-state index in [2.05, 4.69) is 48.1 Å². The van der Waals surface area contributed by atoms with Crippen molar-refractivity contribution in [1.29, 1.82) is 0 Å². The highest BCUT2D eigenvalue weighted by atomic mass is 19.4. The number of likely N-dealkylation sites (N-methyl/N-ethyl adjacent to an activating group) is 1. The van der Waals surface area contributed by atoms with E-state index in [0.29, 0.717) is 11.3 Å². The van der Waals surface area contributed by atoms with Gasteiger partial charge in [-0.2, -0.15) is 13.2 Å². The van der Waals surface area contributed by atoms with Crippen LogP contribution in [-0.4, -0.2) is 64.9 Å². The van der Waals surface area contributed by atoms with Gasteiger partial charge in [0, 0.05) is 55.7 Å². The maximum absolute atomic E-state index is 14.5. The van der Waals surface area contributed by atoms with Gasteiger partial charge in [0.15, 0.2) is 0 Å². The number of anilines is 5. The van der Waals surface area contributed by atoms with Gasteiger partial charge >= 0.3 is 12.2 Å². The summed E-state index contributed by atoms with van der Waals surface area (Å²) in [4.78, 5) is 38.0. The minimum Gasteiger partial charge on any atom is -0.340 e. The van der Waals surface area contributed by atoms with Crippen molar-refractivity contribution in [2.24, 2.45) is 0 Å². The number of aromatic nitrogens is 2. The maximum Gasteiger partial charge on any atom is 0.416 e. The van der Waals surface area contributed by atoms with Crippen LogP contribution in [0.4, 0.5) is 51.1 Å². The zero-order valence-corrected chi connectivity index (χ0v) is 24.2. The molecule has 0 saturated carbocycles. The summed E-state index contributed by atoms with van der Waals surface area (Å²) in [7, 11) is 2.10. The van der Waals surface area contributed by atoms with Gasteiger partial charge in [-0.1, -0.05) is 12.1 Å². The number of piperazine rings is 1. The van der Waals surface area contributed by atoms with E-state index in [-0.39, 0.29) is 23.0 Å². The summed E-state index contributed by atoms with van der Waals surface area (Å²) >= 11 is 0. The van der Waals surface area contributed by atoms with Crippen LogP contribution in [0.25, 0.3) is 0 Å². The normalized spacial score (nSPS) is 14.1. The summed E-state index contributed by atoms with van der Waals surface area (Å²) < 4.78 is 52.9. The fraction of sp³-hybridized carbons (Fsp3) is 0.226. The minimum atomic E-state index is -4.46. The fourth-order valence-corrected chi connectivity index (χ4v) is 4.58. The first kappa shape index (κ1) is 31.3. The predicted molar refractivity (Wildman–Crippen MR) is 163 cm³/mol. The van der Waals surface area contributed by atoms with Gasteiger partial charge in [0.25, 0.3) is 5.91 Å². The van der Waals surface area contributed by atoms with Crippen LogP contribution in [0.3, 0.4) is 0 Å². The fourth-order valence-electron chi connectivity index (χ4n) is 4.58. The number of urea groups is 1. The summed E-state index contributed by atoms with van der Waals surface area (Å²) in [6.07, 6.45) is -3.32. The molecule has 4 aromatic rings. The molecule has 10 nitrogen and oxygen atoms in total. The van der Waals surface area contributed by atoms with Crippen LogP contribution in [0.1, 0.15) is 21.5 Å². The number of rotatable bonds is 8. The number of nitrogens with zero attached hydrogens (tertiary/aromatic N) is 4. The highest BCUT2D eigenvalue weighted by Crippen LogP contribution is 2.30. The lowest BCUT2D eigenvalue weighted by molar-refractivity contribution is -0.137. The standard InChI is InChI=1S/C31H30F4N8O2/c1-42-12-14-43(15-13-42)18-20-2-4-21(5-3-20)29(44)39-24-10-11-25(32)26(16-24)40-30(45)41-28-17-27(36-19-37-28)38-23-8-6-22(7-9-23)31(33,34)35/h2-11,16-17,19H,12-15,18H2,1H3,(H,39,44)(H3,36,37,38,40,41,45). The van der Waals surface area contributed by atoms with E-state index in [1.165, 1.54) is 30.3 Å². The quantitative estimate of drug-likeness (QED) is 0.178. The number of hydrogen-bond acceptors (Lipinski definition) is 7. The van der Waals surface area contributed by atoms with E-state index >= 15 is 0 Å². The third kappa shape index (κ3) is 8.74. The molecule has 2 heterocycles. The first-order chi connectivity index (χ1) is 21.5. The molecule has 1 saturated heterocycles. The molecule has 234 valence electrons. The Morgan fingerprint density at radius 2 is 1.47 bits per heavy atom. The molecule has 0 radical (unpaired) electrons. The molecule has 0 spiro atoms. The molecule has 1 aliphatic heterocycles. The first-order valence-corrected chi connectivity index (χ1v) is 14.0. The topological polar surface area (TPSA) is 115 Å². The van der Waals surface area contributed by atoms with Crippen LogP contribution in [0.15, 0.2) is 79.1 Å². The Labute approximate surface area is 256 Å². The molecule has 0 unspecified atom stereocenters. The van der Waals surface area contributed by atoms with Crippen molar-refractivity contribution in [2.75, 3.05) is 54.5 Å². The van der Waals surface area contributed by atoms with Gasteiger partial charge in [-0.05, 0) is 67.2 Å². The van der Waals surface area contributed by atoms with Crippen molar-refractivity contribution in [3.63, 3.8) is 0 Å². The molecule has 1 aliphatic rings. The molecule has 3 amide bonds. The van der Waals surface area contributed by atoms with Gasteiger partial charge in [-0.15, -0.1) is 0 Å². The van der Waals surface area contributed by atoms with Gasteiger partial charge in [0.05, 0.1) is 11.3 Å². The second kappa shape index (κ2) is 13.7. The number of benzene rings is 3. The molecule has 0 atom stereocenters. The van der Waals surface area contributed by atoms with E-state index in [1.807, 2.05) is 12.1 Å². The Balaban J connectivity index is 1.16. The minimum absolute atomic E-state index is 0.0397. The summed E-state index contributed by atoms with van der Waals surface area (Å²) in [6, 6.07) is 15.9. The van der Waals surface area contributed by atoms with Crippen molar-refractivity contribution < 1.29 is 27.2 Å². The van der Waals surface area contributed by atoms with Crippen LogP contribution in [0, 0.1) is 5.82 Å². The van der Waals surface area contributed by atoms with Crippen LogP contribution in [0.2, 0.25) is 0 Å². The highest BCUT2D eigenvalue weighted by molar-refractivity contribution is 6.05. The highest BCUT2D eigenvalue weighted by Gasteiger charge is 2.30. The maximum atomic E-state index is 14.5. The van der Waals surface area contributed by atoms with Gasteiger partial charge in [-0.3, -0.25) is 15.0 Å². The lowest BCUT2D eigenvalue weighted by atomic mass is 10.1. The molecule has 5 rings (SSSR count). The Morgan fingerprint density at radius 1 is 0.800 bits per heavy atom. The summed E-state index contributed by atoms with van der Waals surface area (Å²) in [5.41, 5.74) is 1.14. The first-order valence-electron chi connectivity index (χ1n) is 14.0. The molecular weight excluding hydrogens is 592 g/mol.